The summed E-state index contributed by atoms with van der Waals surface area (Å²) in [4.78, 5) is 73.4. The number of rotatable bonds is 9. The minimum absolute atomic E-state index is 0. The Morgan fingerprint density at radius 2 is 0.843 bits per heavy atom. The Kier molecular flexibility index (Phi) is 30.3. The van der Waals surface area contributed by atoms with E-state index in [0.717, 1.165) is 64.6 Å². The summed E-state index contributed by atoms with van der Waals surface area (Å²) in [5.41, 5.74) is 3.86. The van der Waals surface area contributed by atoms with E-state index in [1.165, 1.54) is 85.5 Å². The topological polar surface area (TPSA) is 281 Å². The van der Waals surface area contributed by atoms with Gasteiger partial charge in [0, 0.05) is 88.8 Å². The molecule has 4 aliphatic rings. The molecule has 3 aromatic heterocycles. The van der Waals surface area contributed by atoms with E-state index in [9.17, 15) is 63.5 Å². The number of halogens is 9. The molecule has 0 radical (unpaired) electrons. The molecule has 3 unspecified atom stereocenters. The summed E-state index contributed by atoms with van der Waals surface area (Å²) in [6.45, 7) is 22.0. The van der Waals surface area contributed by atoms with Gasteiger partial charge in [-0.2, -0.15) is 25.2 Å². The van der Waals surface area contributed by atoms with Crippen LogP contribution in [0.1, 0.15) is 117 Å². The van der Waals surface area contributed by atoms with Gasteiger partial charge in [0.25, 0.3) is 0 Å². The second-order valence-electron chi connectivity index (χ2n) is 29.0. The average Bonchev–Trinajstić information content (AvgIpc) is 1.78. The average molecular weight is 1610 g/mol. The van der Waals surface area contributed by atoms with Gasteiger partial charge in [-0.25, -0.2) is 24.0 Å². The maximum absolute atomic E-state index is 13.5. The number of amides is 5. The van der Waals surface area contributed by atoms with Crippen LogP contribution < -0.4 is 19.5 Å². The Balaban J connectivity index is 0.000000197. The van der Waals surface area contributed by atoms with Crippen LogP contribution >= 0.6 is 0 Å². The van der Waals surface area contributed by atoms with Crippen LogP contribution in [0.3, 0.4) is 0 Å². The molecule has 0 aliphatic carbocycles. The van der Waals surface area contributed by atoms with Crippen molar-refractivity contribution in [1.29, 1.82) is 0 Å². The lowest BCUT2D eigenvalue weighted by atomic mass is 10.0. The summed E-state index contributed by atoms with van der Waals surface area (Å²) in [6.07, 6.45) is -8.61. The summed E-state index contributed by atoms with van der Waals surface area (Å²) in [5, 5.41) is 29.5. The summed E-state index contributed by atoms with van der Waals surface area (Å²) < 4.78 is 144. The van der Waals surface area contributed by atoms with E-state index in [2.05, 4.69) is 67.6 Å². The third-order valence-electron chi connectivity index (χ3n) is 16.7. The number of nitrogens with one attached hydrogen (secondary N) is 2. The number of aromatic amines is 1. The molecule has 2 N–H and O–H groups in total. The molecular weight excluding hydrogens is 1520 g/mol. The lowest BCUT2D eigenvalue weighted by Gasteiger charge is -2.41. The number of hydrogen-bond donors (Lipinski definition) is 2. The number of alkyl halides is 9. The third-order valence-corrected chi connectivity index (χ3v) is 16.7. The van der Waals surface area contributed by atoms with Gasteiger partial charge in [-0.05, 0) is 165 Å². The first-order valence-corrected chi connectivity index (χ1v) is 36.1. The van der Waals surface area contributed by atoms with E-state index in [1.54, 1.807) is 66.0 Å². The highest BCUT2D eigenvalue weighted by Crippen LogP contribution is 2.33. The van der Waals surface area contributed by atoms with Crippen LogP contribution in [0.4, 0.5) is 63.5 Å². The molecule has 7 heterocycles. The van der Waals surface area contributed by atoms with Gasteiger partial charge in [0.2, 0.25) is 0 Å². The maximum atomic E-state index is 13.5. The predicted molar refractivity (Wildman–Crippen MR) is 404 cm³/mol. The fourth-order valence-electron chi connectivity index (χ4n) is 11.6. The largest absolute Gasteiger partial charge is 0.573 e. The Morgan fingerprint density at radius 1 is 0.452 bits per heavy atom. The number of nitrogens with zero attached hydrogens (tertiary/aromatic N) is 13. The molecule has 4 aliphatic heterocycles. The van der Waals surface area contributed by atoms with Crippen LogP contribution in [0.5, 0.6) is 17.2 Å². The summed E-state index contributed by atoms with van der Waals surface area (Å²) in [6, 6.07) is 42.7. The van der Waals surface area contributed by atoms with Crippen LogP contribution in [0, 0.1) is 0 Å². The van der Waals surface area contributed by atoms with Crippen molar-refractivity contribution in [1.82, 2.24) is 75.2 Å². The van der Waals surface area contributed by atoms with Gasteiger partial charge in [0.15, 0.2) is 0 Å². The predicted octanol–water partition coefficient (Wildman–Crippen LogP) is 16.6. The first-order valence-electron chi connectivity index (χ1n) is 36.1. The zero-order valence-electron chi connectivity index (χ0n) is 63.9. The number of piperazine rings is 3. The van der Waals surface area contributed by atoms with Crippen molar-refractivity contribution in [2.45, 2.75) is 137 Å². The van der Waals surface area contributed by atoms with E-state index >= 15 is 0 Å². The van der Waals surface area contributed by atoms with E-state index in [1.807, 2.05) is 99.6 Å². The smallest absolute Gasteiger partial charge is 0.444 e. The number of carbonyl (C=O) groups is 5. The van der Waals surface area contributed by atoms with Crippen molar-refractivity contribution in [2.24, 2.45) is 0 Å². The first-order chi connectivity index (χ1) is 53.8. The van der Waals surface area contributed by atoms with Gasteiger partial charge in [-0.1, -0.05) is 108 Å². The molecule has 13 rings (SSSR count). The van der Waals surface area contributed by atoms with Crippen LogP contribution in [-0.2, 0) is 18.9 Å². The van der Waals surface area contributed by atoms with E-state index in [4.69, 9.17) is 18.9 Å². The van der Waals surface area contributed by atoms with Crippen molar-refractivity contribution in [3.05, 3.63) is 199 Å². The molecule has 115 heavy (non-hydrogen) atoms. The van der Waals surface area contributed by atoms with Gasteiger partial charge >= 0.3 is 49.4 Å². The highest BCUT2D eigenvalue weighted by molar-refractivity contribution is 5.79. The van der Waals surface area contributed by atoms with E-state index in [-0.39, 0.29) is 76.1 Å². The Labute approximate surface area is 658 Å². The monoisotopic (exact) mass is 1610 g/mol. The van der Waals surface area contributed by atoms with Gasteiger partial charge in [0.05, 0.1) is 36.7 Å². The molecule has 9 aromatic rings. The highest BCUT2D eigenvalue weighted by atomic mass is 19.4. The molecule has 4 fully saturated rings. The van der Waals surface area contributed by atoms with Crippen molar-refractivity contribution in [2.75, 3.05) is 72.1 Å². The second-order valence-corrected chi connectivity index (χ2v) is 29.0. The van der Waals surface area contributed by atoms with Crippen molar-refractivity contribution in [3.63, 3.8) is 0 Å². The zero-order chi connectivity index (χ0) is 82.6. The van der Waals surface area contributed by atoms with E-state index in [0.29, 0.717) is 46.9 Å². The normalized spacial score (nSPS) is 16.5. The molecule has 3 atom stereocenters. The molecule has 36 heteroatoms. The zero-order valence-corrected chi connectivity index (χ0v) is 63.9. The Morgan fingerprint density at radius 3 is 1.23 bits per heavy atom. The van der Waals surface area contributed by atoms with Crippen molar-refractivity contribution >= 4 is 30.3 Å². The SMILES string of the molecule is C.C1CCOC1.CC(C)(C)OC(=O)N1CCN(C(=O)n2cc(-c3ccc(OC(F)(F)F)cc3)nn2)C(c2ccccc2)C1.CC(C)(C)OC(=O)N1CCN(C(=O)n2ncc(-c3ccc(OC(F)(F)F)cc3)n2)C(c2ccccc2)C1.CC(C)(C)OC(=O)N1CCNC(c2ccccc2)C1.FC(F)(F)Oc1ccc(-c2cn[nH]n2)cc1. The lowest BCUT2D eigenvalue weighted by molar-refractivity contribution is -0.275. The number of aromatic nitrogens is 9. The summed E-state index contributed by atoms with van der Waals surface area (Å²) >= 11 is 0. The van der Waals surface area contributed by atoms with Crippen LogP contribution in [0.15, 0.2) is 182 Å². The molecule has 0 saturated carbocycles. The number of carbonyl (C=O) groups excluding carboxylic acids is 5. The minimum atomic E-state index is -4.79. The van der Waals surface area contributed by atoms with Crippen molar-refractivity contribution < 1.29 is 96.6 Å². The molecule has 6 aromatic carbocycles. The number of hydrogen-bond acceptors (Lipinski definition) is 19. The summed E-state index contributed by atoms with van der Waals surface area (Å²) in [5.74, 6) is -0.999. The van der Waals surface area contributed by atoms with Gasteiger partial charge in [-0.15, -0.1) is 49.7 Å². The number of H-pyrrole nitrogens is 1. The maximum Gasteiger partial charge on any atom is 0.573 e. The Hall–Kier alpha value is -11.8. The second kappa shape index (κ2) is 39.3. The van der Waals surface area contributed by atoms with E-state index < -0.39 is 72.2 Å². The fraction of sp³-hybridized carbons (Fsp3) is 0.405. The highest BCUT2D eigenvalue weighted by Gasteiger charge is 2.40. The number of benzene rings is 6. The molecule has 0 bridgehead atoms. The quantitative estimate of drug-likeness (QED) is 0.100. The van der Waals surface area contributed by atoms with Crippen molar-refractivity contribution in [3.8, 4) is 51.0 Å². The van der Waals surface area contributed by atoms with Gasteiger partial charge < -0.3 is 63.0 Å². The molecule has 0 spiro atoms. The van der Waals surface area contributed by atoms with Gasteiger partial charge in [0.1, 0.15) is 51.1 Å². The third kappa shape index (κ3) is 28.4. The molecule has 5 amide bonds. The van der Waals surface area contributed by atoms with Gasteiger partial charge in [-0.3, -0.25) is 0 Å². The lowest BCUT2D eigenvalue weighted by Crippen LogP contribution is -2.54. The van der Waals surface area contributed by atoms with Crippen LogP contribution in [-0.4, -0.2) is 208 Å². The standard InChI is InChI=1S/2C25H26F3N5O4.C15H22N2O2.C9H6F3N3O.C4H8O.CH4/c1-24(2,3)37-23(35)31-13-14-32(21(16-31)18-7-5-4-6-8-18)22(34)33-15-20(29-30-33)17-9-11-19(12-10-17)36-25(26,27)28;1-24(2,3)37-23(35)31-13-14-32(21(16-31)18-7-5-4-6-8-18)22(34)33-29-15-20(30-33)17-9-11-19(12-10-17)36-25(26,27)28;1-15(2,3)19-14(18)17-10-9-16-13(11-17)12-7-5-4-6-8-12;10-9(11,12)16-7-3-1-6(2-4-7)8-5-13-15-14-8;1-2-4-5-3-1;/h2*4-12,15,21H,13-14,16H2,1-3H3;4-8,13,16H,9-11H2,1-3H3;1-5H,(H,13,14,15);1-4H2;1H4. The molecule has 4 saturated heterocycles. The molecule has 618 valence electrons. The Bertz CT molecular complexity index is 4320. The van der Waals surface area contributed by atoms with Crippen LogP contribution in [0.2, 0.25) is 0 Å². The van der Waals surface area contributed by atoms with Crippen LogP contribution in [0.25, 0.3) is 33.8 Å². The summed E-state index contributed by atoms with van der Waals surface area (Å²) in [7, 11) is 0. The molecule has 27 nitrogen and oxygen atoms in total. The minimum Gasteiger partial charge on any atom is -0.444 e. The first kappa shape index (κ1) is 88.7. The fourth-order valence-corrected chi connectivity index (χ4v) is 11.6. The number of ether oxygens (including phenoxy) is 7. The molecular formula is C79H92F9N15O12.